The molecule has 27 heavy (non-hydrogen) atoms. The van der Waals surface area contributed by atoms with Crippen molar-refractivity contribution in [2.24, 2.45) is 7.05 Å². The number of anilines is 1. The number of amides is 1. The van der Waals surface area contributed by atoms with Gasteiger partial charge in [-0.25, -0.2) is 4.79 Å². The van der Waals surface area contributed by atoms with E-state index in [9.17, 15) is 14.7 Å². The number of hydrogen-bond acceptors (Lipinski definition) is 2. The van der Waals surface area contributed by atoms with E-state index in [1.54, 1.807) is 19.2 Å². The van der Waals surface area contributed by atoms with E-state index in [4.69, 9.17) is 11.6 Å². The highest BCUT2D eigenvalue weighted by atomic mass is 35.5. The number of rotatable bonds is 2. The van der Waals surface area contributed by atoms with Gasteiger partial charge in [0.2, 0.25) is 0 Å². The standard InChI is InChI=1S/C21H21ClN2O3/c1-21(2,3)17-14(22)11-10-13-16(17)15(12-8-6-5-7-9-12)18(23-20(26)27)24(4)19(13)25/h5-11,23H,1-4H3,(H,26,27). The molecule has 3 rings (SSSR count). The summed E-state index contributed by atoms with van der Waals surface area (Å²) >= 11 is 6.55. The van der Waals surface area contributed by atoms with Crippen molar-refractivity contribution in [1.82, 2.24) is 4.57 Å². The first-order valence-electron chi connectivity index (χ1n) is 8.54. The first kappa shape index (κ1) is 19.0. The van der Waals surface area contributed by atoms with Crippen molar-refractivity contribution < 1.29 is 9.90 Å². The number of carboxylic acid groups (broad SMARTS) is 1. The number of nitrogens with one attached hydrogen (secondary N) is 1. The van der Waals surface area contributed by atoms with Crippen LogP contribution < -0.4 is 10.9 Å². The van der Waals surface area contributed by atoms with Crippen LogP contribution in [0.5, 0.6) is 0 Å². The van der Waals surface area contributed by atoms with Crippen molar-refractivity contribution in [2.45, 2.75) is 26.2 Å². The van der Waals surface area contributed by atoms with Gasteiger partial charge in [-0.3, -0.25) is 14.7 Å². The SMILES string of the molecule is Cn1c(NC(=O)O)c(-c2ccccc2)c2c(C(C)(C)C)c(Cl)ccc2c1=O. The molecule has 1 aromatic heterocycles. The molecule has 0 atom stereocenters. The number of nitrogens with zero attached hydrogens (tertiary/aromatic N) is 1. The lowest BCUT2D eigenvalue weighted by Crippen LogP contribution is -2.25. The van der Waals surface area contributed by atoms with Crippen LogP contribution in [0.1, 0.15) is 26.3 Å². The zero-order valence-corrected chi connectivity index (χ0v) is 16.4. The number of halogens is 1. The molecule has 0 fully saturated rings. The molecule has 0 radical (unpaired) electrons. The third kappa shape index (κ3) is 3.30. The summed E-state index contributed by atoms with van der Waals surface area (Å²) in [7, 11) is 1.56. The van der Waals surface area contributed by atoms with E-state index >= 15 is 0 Å². The summed E-state index contributed by atoms with van der Waals surface area (Å²) in [4.78, 5) is 24.4. The number of benzene rings is 2. The fraction of sp³-hybridized carbons (Fsp3) is 0.238. The molecule has 3 aromatic rings. The monoisotopic (exact) mass is 384 g/mol. The minimum absolute atomic E-state index is 0.221. The average Bonchev–Trinajstić information content (AvgIpc) is 2.58. The Balaban J connectivity index is 2.65. The van der Waals surface area contributed by atoms with Crippen LogP contribution in [0.25, 0.3) is 21.9 Å². The second-order valence-electron chi connectivity index (χ2n) is 7.48. The van der Waals surface area contributed by atoms with Gasteiger partial charge < -0.3 is 5.11 Å². The molecule has 2 N–H and O–H groups in total. The summed E-state index contributed by atoms with van der Waals surface area (Å²) in [5, 5.41) is 13.5. The Kier molecular flexibility index (Phi) is 4.74. The average molecular weight is 385 g/mol. The second kappa shape index (κ2) is 6.74. The van der Waals surface area contributed by atoms with E-state index in [0.717, 1.165) is 11.1 Å². The lowest BCUT2D eigenvalue weighted by Gasteiger charge is -2.26. The van der Waals surface area contributed by atoms with Gasteiger partial charge in [0, 0.05) is 28.4 Å². The van der Waals surface area contributed by atoms with Crippen molar-refractivity contribution in [1.29, 1.82) is 0 Å². The molecule has 2 aromatic carbocycles. The van der Waals surface area contributed by atoms with E-state index in [1.165, 1.54) is 4.57 Å². The summed E-state index contributed by atoms with van der Waals surface area (Å²) in [6, 6.07) is 12.8. The van der Waals surface area contributed by atoms with Gasteiger partial charge >= 0.3 is 6.09 Å². The molecule has 6 heteroatoms. The smallest absolute Gasteiger partial charge is 0.410 e. The second-order valence-corrected chi connectivity index (χ2v) is 7.89. The molecule has 0 aliphatic carbocycles. The van der Waals surface area contributed by atoms with Crippen LogP contribution in [0.2, 0.25) is 5.02 Å². The van der Waals surface area contributed by atoms with Crippen LogP contribution in [0.15, 0.2) is 47.3 Å². The number of pyridine rings is 1. The van der Waals surface area contributed by atoms with E-state index in [-0.39, 0.29) is 16.8 Å². The largest absolute Gasteiger partial charge is 0.465 e. The van der Waals surface area contributed by atoms with Gasteiger partial charge in [-0.15, -0.1) is 0 Å². The van der Waals surface area contributed by atoms with Crippen molar-refractivity contribution in [3.05, 3.63) is 63.4 Å². The van der Waals surface area contributed by atoms with Crippen molar-refractivity contribution in [3.63, 3.8) is 0 Å². The highest BCUT2D eigenvalue weighted by Gasteiger charge is 2.27. The number of hydrogen-bond donors (Lipinski definition) is 2. The normalized spacial score (nSPS) is 11.6. The van der Waals surface area contributed by atoms with Crippen molar-refractivity contribution in [2.75, 3.05) is 5.32 Å². The van der Waals surface area contributed by atoms with Crippen LogP contribution in [0.3, 0.4) is 0 Å². The third-order valence-corrected chi connectivity index (χ3v) is 4.86. The maximum absolute atomic E-state index is 13.0. The molecular weight excluding hydrogens is 364 g/mol. The highest BCUT2D eigenvalue weighted by Crippen LogP contribution is 2.42. The van der Waals surface area contributed by atoms with Gasteiger partial charge in [0.05, 0.1) is 0 Å². The van der Waals surface area contributed by atoms with Gasteiger partial charge in [0.25, 0.3) is 5.56 Å². The maximum Gasteiger partial charge on any atom is 0.410 e. The first-order chi connectivity index (χ1) is 12.6. The van der Waals surface area contributed by atoms with Crippen LogP contribution in [-0.4, -0.2) is 15.8 Å². The predicted molar refractivity (Wildman–Crippen MR) is 110 cm³/mol. The third-order valence-electron chi connectivity index (χ3n) is 4.55. The van der Waals surface area contributed by atoms with Crippen molar-refractivity contribution >= 4 is 34.3 Å². The van der Waals surface area contributed by atoms with Crippen LogP contribution >= 0.6 is 11.6 Å². The van der Waals surface area contributed by atoms with Gasteiger partial charge in [0.1, 0.15) is 5.82 Å². The van der Waals surface area contributed by atoms with Gasteiger partial charge in [0.15, 0.2) is 0 Å². The molecule has 0 unspecified atom stereocenters. The molecule has 5 nitrogen and oxygen atoms in total. The zero-order valence-electron chi connectivity index (χ0n) is 15.6. The van der Waals surface area contributed by atoms with Gasteiger partial charge in [-0.2, -0.15) is 0 Å². The Hall–Kier alpha value is -2.79. The highest BCUT2D eigenvalue weighted by molar-refractivity contribution is 6.33. The minimum atomic E-state index is -1.24. The zero-order chi connectivity index (χ0) is 19.9. The fourth-order valence-electron chi connectivity index (χ4n) is 3.45. The molecule has 0 aliphatic heterocycles. The Labute approximate surface area is 162 Å². The summed E-state index contributed by atoms with van der Waals surface area (Å²) < 4.78 is 1.33. The minimum Gasteiger partial charge on any atom is -0.465 e. The topological polar surface area (TPSA) is 71.3 Å². The summed E-state index contributed by atoms with van der Waals surface area (Å²) in [6.07, 6.45) is -1.24. The molecule has 1 heterocycles. The number of aromatic nitrogens is 1. The lowest BCUT2D eigenvalue weighted by molar-refractivity contribution is 0.209. The molecule has 0 spiro atoms. The fourth-order valence-corrected chi connectivity index (χ4v) is 3.89. The summed E-state index contributed by atoms with van der Waals surface area (Å²) in [5.74, 6) is 0.221. The van der Waals surface area contributed by atoms with Gasteiger partial charge in [-0.1, -0.05) is 62.7 Å². The number of fused-ring (bicyclic) bond motifs is 1. The van der Waals surface area contributed by atoms with Gasteiger partial charge in [-0.05, 0) is 28.7 Å². The van der Waals surface area contributed by atoms with Crippen LogP contribution in [-0.2, 0) is 12.5 Å². The summed E-state index contributed by atoms with van der Waals surface area (Å²) in [6.45, 7) is 6.05. The van der Waals surface area contributed by atoms with Crippen LogP contribution in [0, 0.1) is 0 Å². The van der Waals surface area contributed by atoms with Crippen molar-refractivity contribution in [3.8, 4) is 11.1 Å². The Morgan fingerprint density at radius 1 is 1.11 bits per heavy atom. The molecule has 0 aliphatic rings. The molecular formula is C21H21ClN2O3. The maximum atomic E-state index is 13.0. The van der Waals surface area contributed by atoms with E-state index in [2.05, 4.69) is 5.32 Å². The van der Waals surface area contributed by atoms with Crippen LogP contribution in [0.4, 0.5) is 10.6 Å². The van der Waals surface area contributed by atoms with E-state index in [1.807, 2.05) is 51.1 Å². The molecule has 0 saturated carbocycles. The van der Waals surface area contributed by atoms with E-state index in [0.29, 0.717) is 21.4 Å². The first-order valence-corrected chi connectivity index (χ1v) is 8.91. The molecule has 0 bridgehead atoms. The quantitative estimate of drug-likeness (QED) is 0.634. The Bertz CT molecular complexity index is 1100. The molecule has 1 amide bonds. The molecule has 0 saturated heterocycles. The van der Waals surface area contributed by atoms with E-state index < -0.39 is 6.09 Å². The predicted octanol–water partition coefficient (Wildman–Crippen LogP) is 5.25. The Morgan fingerprint density at radius 3 is 2.30 bits per heavy atom. The number of carbonyl (C=O) groups is 1. The molecule has 140 valence electrons. The lowest BCUT2D eigenvalue weighted by atomic mass is 9.81. The Morgan fingerprint density at radius 2 is 1.74 bits per heavy atom. The summed E-state index contributed by atoms with van der Waals surface area (Å²) in [5.41, 5.74) is 1.62.